The Balaban J connectivity index is 1.26. The number of hydrogen-bond donors (Lipinski definition) is 3. The number of amides is 4. The van der Waals surface area contributed by atoms with Crippen LogP contribution in [0.5, 0.6) is 11.5 Å². The van der Waals surface area contributed by atoms with Gasteiger partial charge >= 0.3 is 6.03 Å². The van der Waals surface area contributed by atoms with Crippen molar-refractivity contribution >= 4 is 56.5 Å². The second kappa shape index (κ2) is 11.0. The Morgan fingerprint density at radius 1 is 1.17 bits per heavy atom. The van der Waals surface area contributed by atoms with Gasteiger partial charge in [-0.05, 0) is 55.3 Å². The number of aliphatic hydroxyl groups excluding tert-OH is 1. The average molecular weight is 570 g/mol. The molecular formula is C30H27N5O5S. The van der Waals surface area contributed by atoms with Crippen LogP contribution in [-0.4, -0.2) is 58.6 Å². The number of carbonyl (C=O) groups is 3. The number of benzene rings is 2. The normalized spacial score (nSPS) is 16.3. The Labute approximate surface area is 239 Å². The molecule has 2 aromatic carbocycles. The maximum absolute atomic E-state index is 13.5. The number of thiophene rings is 1. The van der Waals surface area contributed by atoms with Gasteiger partial charge in [0.2, 0.25) is 5.91 Å². The Morgan fingerprint density at radius 3 is 2.78 bits per heavy atom. The topological polar surface area (TPSA) is 124 Å². The van der Waals surface area contributed by atoms with Crippen LogP contribution in [0.15, 0.2) is 72.9 Å². The number of ether oxygens (including phenoxy) is 1. The number of carbonyl (C=O) groups excluding carboxylic acids is 3. The molecule has 10 nitrogen and oxygen atoms in total. The third-order valence-corrected chi connectivity index (χ3v) is 8.14. The van der Waals surface area contributed by atoms with Crippen molar-refractivity contribution in [1.29, 1.82) is 0 Å². The molecular weight excluding hydrogens is 542 g/mol. The van der Waals surface area contributed by atoms with Crippen LogP contribution in [-0.2, 0) is 4.79 Å². The first-order chi connectivity index (χ1) is 19.9. The largest absolute Gasteiger partial charge is 0.457 e. The minimum Gasteiger partial charge on any atom is -0.457 e. The van der Waals surface area contributed by atoms with Gasteiger partial charge in [-0.3, -0.25) is 14.5 Å². The number of nitrogens with zero attached hydrogens (tertiary/aromatic N) is 3. The van der Waals surface area contributed by atoms with E-state index in [1.165, 1.54) is 23.5 Å². The molecule has 11 heteroatoms. The number of aryl methyl sites for hydroxylation is 1. The van der Waals surface area contributed by atoms with Crippen molar-refractivity contribution < 1.29 is 24.2 Å². The Bertz CT molecular complexity index is 1690. The van der Waals surface area contributed by atoms with Gasteiger partial charge in [0.15, 0.2) is 0 Å². The lowest BCUT2D eigenvalue weighted by molar-refractivity contribution is -0.125. The van der Waals surface area contributed by atoms with Gasteiger partial charge in [0.25, 0.3) is 5.91 Å². The standard InChI is InChI=1S/C30H27N5O5S/c1-18-16-21(40-20-6-3-2-4-7-20)9-10-22(18)35-23-11-13-31-29-25(23)26(33-30(35)39)27(41-29)28(38)32-19-12-14-34(17-19)24(37)8-5-15-36/h2-11,13,16,19,36H,12,14-15,17H2,1H3,(H,32,38)(H,33,39). The van der Waals surface area contributed by atoms with Crippen molar-refractivity contribution in [2.45, 2.75) is 19.4 Å². The lowest BCUT2D eigenvalue weighted by Gasteiger charge is -2.29. The lowest BCUT2D eigenvalue weighted by Crippen LogP contribution is -2.39. The third-order valence-electron chi connectivity index (χ3n) is 7.04. The Morgan fingerprint density at radius 2 is 2.00 bits per heavy atom. The highest BCUT2D eigenvalue weighted by atomic mass is 32.1. The van der Waals surface area contributed by atoms with Gasteiger partial charge < -0.3 is 25.4 Å². The fourth-order valence-corrected chi connectivity index (χ4v) is 6.16. The molecule has 2 aliphatic heterocycles. The third kappa shape index (κ3) is 5.12. The van der Waals surface area contributed by atoms with Crippen LogP contribution in [0.3, 0.4) is 0 Å². The zero-order valence-electron chi connectivity index (χ0n) is 22.2. The number of likely N-dealkylation sites (tertiary alicyclic amines) is 1. The van der Waals surface area contributed by atoms with E-state index in [-0.39, 0.29) is 30.5 Å². The molecule has 0 saturated carbocycles. The fraction of sp³-hybridized carbons (Fsp3) is 0.200. The first-order valence-electron chi connectivity index (χ1n) is 13.2. The zero-order valence-corrected chi connectivity index (χ0v) is 23.0. The number of urea groups is 1. The van der Waals surface area contributed by atoms with E-state index >= 15 is 0 Å². The first kappa shape index (κ1) is 26.5. The van der Waals surface area contributed by atoms with Crippen LogP contribution < -0.4 is 20.3 Å². The van der Waals surface area contributed by atoms with Crippen LogP contribution in [0, 0.1) is 6.92 Å². The second-order valence-electron chi connectivity index (χ2n) is 9.77. The summed E-state index contributed by atoms with van der Waals surface area (Å²) in [5, 5.41) is 15.5. The summed E-state index contributed by atoms with van der Waals surface area (Å²) in [4.78, 5) is 47.8. The van der Waals surface area contributed by atoms with Crippen LogP contribution in [0.25, 0.3) is 10.2 Å². The SMILES string of the molecule is Cc1cc(Oc2ccccc2)ccc1N1C(=O)Nc2c(C(=O)NC3CCN(C(=O)C=CCO)C3)sc3nccc1c23. The number of nitrogens with one attached hydrogen (secondary N) is 2. The highest BCUT2D eigenvalue weighted by molar-refractivity contribution is 7.21. The van der Waals surface area contributed by atoms with Gasteiger partial charge in [0, 0.05) is 31.4 Å². The molecule has 4 heterocycles. The summed E-state index contributed by atoms with van der Waals surface area (Å²) in [5.74, 6) is 0.840. The quantitative estimate of drug-likeness (QED) is 0.270. The highest BCUT2D eigenvalue weighted by Gasteiger charge is 2.34. The number of aromatic nitrogens is 1. The predicted octanol–water partition coefficient (Wildman–Crippen LogP) is 4.96. The molecule has 1 unspecified atom stereocenters. The van der Waals surface area contributed by atoms with Gasteiger partial charge in [-0.1, -0.05) is 24.3 Å². The van der Waals surface area contributed by atoms with Gasteiger partial charge in [-0.15, -0.1) is 11.3 Å². The second-order valence-corrected chi connectivity index (χ2v) is 10.8. The summed E-state index contributed by atoms with van der Waals surface area (Å²) < 4.78 is 5.96. The molecule has 4 aromatic rings. The lowest BCUT2D eigenvalue weighted by atomic mass is 10.1. The van der Waals surface area contributed by atoms with Crippen molar-refractivity contribution in [3.05, 3.63) is 83.4 Å². The average Bonchev–Trinajstić information content (AvgIpc) is 3.59. The van der Waals surface area contributed by atoms with Crippen molar-refractivity contribution in [3.8, 4) is 11.5 Å². The molecule has 2 aromatic heterocycles. The van der Waals surface area contributed by atoms with Gasteiger partial charge in [-0.2, -0.15) is 0 Å². The summed E-state index contributed by atoms with van der Waals surface area (Å²) in [6.45, 7) is 2.58. The molecule has 208 valence electrons. The minimum atomic E-state index is -0.384. The van der Waals surface area contributed by atoms with Gasteiger partial charge in [0.05, 0.1) is 29.1 Å². The van der Waals surface area contributed by atoms with Crippen LogP contribution >= 0.6 is 11.3 Å². The number of aliphatic hydroxyl groups is 1. The zero-order chi connectivity index (χ0) is 28.5. The van der Waals surface area contributed by atoms with Gasteiger partial charge in [-0.25, -0.2) is 9.78 Å². The van der Waals surface area contributed by atoms with E-state index in [0.717, 1.165) is 11.3 Å². The summed E-state index contributed by atoms with van der Waals surface area (Å²) in [6, 6.07) is 16.2. The Hall–Kier alpha value is -4.74. The van der Waals surface area contributed by atoms with Crippen molar-refractivity contribution in [2.75, 3.05) is 29.9 Å². The van der Waals surface area contributed by atoms with Crippen LogP contribution in [0.4, 0.5) is 21.9 Å². The summed E-state index contributed by atoms with van der Waals surface area (Å²) in [6.07, 6.45) is 4.97. The number of hydrogen-bond acceptors (Lipinski definition) is 7. The van der Waals surface area contributed by atoms with E-state index in [2.05, 4.69) is 15.6 Å². The molecule has 0 radical (unpaired) electrons. The molecule has 6 rings (SSSR count). The minimum absolute atomic E-state index is 0.205. The highest BCUT2D eigenvalue weighted by Crippen LogP contribution is 2.46. The van der Waals surface area contributed by atoms with E-state index < -0.39 is 0 Å². The summed E-state index contributed by atoms with van der Waals surface area (Å²) in [5.41, 5.74) is 2.59. The van der Waals surface area contributed by atoms with E-state index in [1.807, 2.05) is 55.5 Å². The molecule has 4 amide bonds. The van der Waals surface area contributed by atoms with Crippen molar-refractivity contribution in [3.63, 3.8) is 0 Å². The molecule has 41 heavy (non-hydrogen) atoms. The molecule has 0 bridgehead atoms. The monoisotopic (exact) mass is 569 g/mol. The molecule has 3 N–H and O–H groups in total. The molecule has 2 aliphatic rings. The molecule has 1 atom stereocenters. The number of para-hydroxylation sites is 1. The fourth-order valence-electron chi connectivity index (χ4n) is 5.14. The maximum Gasteiger partial charge on any atom is 0.331 e. The van der Waals surface area contributed by atoms with Crippen LogP contribution in [0.2, 0.25) is 0 Å². The number of anilines is 3. The molecule has 0 spiro atoms. The summed E-state index contributed by atoms with van der Waals surface area (Å²) in [7, 11) is 0. The van der Waals surface area contributed by atoms with Crippen LogP contribution in [0.1, 0.15) is 21.7 Å². The maximum atomic E-state index is 13.5. The molecule has 0 aliphatic carbocycles. The van der Waals surface area contributed by atoms with E-state index in [9.17, 15) is 14.4 Å². The Kier molecular flexibility index (Phi) is 7.12. The first-order valence-corrected chi connectivity index (χ1v) is 14.0. The van der Waals surface area contributed by atoms with Crippen molar-refractivity contribution in [1.82, 2.24) is 15.2 Å². The molecule has 1 fully saturated rings. The van der Waals surface area contributed by atoms with Crippen molar-refractivity contribution in [2.24, 2.45) is 0 Å². The van der Waals surface area contributed by atoms with E-state index in [0.29, 0.717) is 57.4 Å². The number of pyridine rings is 1. The van der Waals surface area contributed by atoms with Gasteiger partial charge in [0.1, 0.15) is 21.2 Å². The van der Waals surface area contributed by atoms with E-state index in [4.69, 9.17) is 9.84 Å². The summed E-state index contributed by atoms with van der Waals surface area (Å²) >= 11 is 1.22. The predicted molar refractivity (Wildman–Crippen MR) is 157 cm³/mol. The number of rotatable bonds is 7. The molecule has 1 saturated heterocycles. The van der Waals surface area contributed by atoms with E-state index in [1.54, 1.807) is 22.1 Å². The smallest absolute Gasteiger partial charge is 0.331 e.